The van der Waals surface area contributed by atoms with Crippen molar-refractivity contribution in [3.63, 3.8) is 0 Å². The van der Waals surface area contributed by atoms with Crippen molar-refractivity contribution in [2.75, 3.05) is 0 Å². The van der Waals surface area contributed by atoms with Gasteiger partial charge in [-0.05, 0) is 47.5 Å². The van der Waals surface area contributed by atoms with Crippen LogP contribution in [0.1, 0.15) is 22.3 Å². The number of nitrogens with zero attached hydrogens (tertiary/aromatic N) is 2. The lowest BCUT2D eigenvalue weighted by Gasteiger charge is -2.09. The molecule has 40 heavy (non-hydrogen) atoms. The molecular weight excluding hydrogens is 548 g/mol. The van der Waals surface area contributed by atoms with Crippen LogP contribution < -0.4 is 10.9 Å². The van der Waals surface area contributed by atoms with E-state index < -0.39 is 57.1 Å². The number of alkyl halides is 6. The molecule has 5 rings (SSSR count). The normalized spacial score (nSPS) is 12.2. The molecule has 0 N–H and O–H groups in total. The Kier molecular flexibility index (Phi) is 5.77. The van der Waals surface area contributed by atoms with Crippen molar-refractivity contribution >= 4 is 21.5 Å². The maximum absolute atomic E-state index is 14.2. The lowest BCUT2D eigenvalue weighted by molar-refractivity contribution is -0.140. The standard InChI is InChI=1S/C28H8F8N2O2/c29-21-5-11(1-3-19(21)27(31,32)33)23-17(9-37)13-7-14-16(8-15(13)25(23)39)26(40)24(18(14)10-38)12-2-4-20(22(30)6-12)28(34,35)36/h1-8H. The Hall–Kier alpha value is -5.10. The average molecular weight is 556 g/mol. The van der Waals surface area contributed by atoms with Gasteiger partial charge in [0.15, 0.2) is 10.9 Å². The summed E-state index contributed by atoms with van der Waals surface area (Å²) in [6.07, 6.45) is -10.0. The van der Waals surface area contributed by atoms with Crippen LogP contribution in [0.15, 0.2) is 58.1 Å². The molecule has 0 atom stereocenters. The Morgan fingerprint density at radius 1 is 0.550 bits per heavy atom. The average Bonchev–Trinajstić information content (AvgIpc) is 3.30. The van der Waals surface area contributed by atoms with Crippen LogP contribution in [0.3, 0.4) is 0 Å². The van der Waals surface area contributed by atoms with Gasteiger partial charge in [-0.25, -0.2) is 8.78 Å². The number of halogens is 8. The molecule has 0 heterocycles. The highest BCUT2D eigenvalue weighted by molar-refractivity contribution is 6.10. The van der Waals surface area contributed by atoms with Gasteiger partial charge in [0.2, 0.25) is 0 Å². The summed E-state index contributed by atoms with van der Waals surface area (Å²) in [5, 5.41) is 18.9. The van der Waals surface area contributed by atoms with Gasteiger partial charge in [-0.1, -0.05) is 12.1 Å². The fourth-order valence-corrected chi connectivity index (χ4v) is 4.74. The van der Waals surface area contributed by atoms with Crippen LogP contribution in [-0.4, -0.2) is 0 Å². The lowest BCUT2D eigenvalue weighted by atomic mass is 10.0. The molecule has 0 bridgehead atoms. The van der Waals surface area contributed by atoms with Crippen LogP contribution in [0, 0.1) is 34.3 Å². The van der Waals surface area contributed by atoms with Crippen molar-refractivity contribution in [3.8, 4) is 34.4 Å². The van der Waals surface area contributed by atoms with Crippen LogP contribution in [0.2, 0.25) is 0 Å². The first-order valence-electron chi connectivity index (χ1n) is 11.0. The third kappa shape index (κ3) is 3.88. The summed E-state index contributed by atoms with van der Waals surface area (Å²) in [6.45, 7) is 0. The smallest absolute Gasteiger partial charge is 0.289 e. The van der Waals surface area contributed by atoms with Crippen molar-refractivity contribution in [2.45, 2.75) is 12.4 Å². The molecule has 0 saturated heterocycles. The summed E-state index contributed by atoms with van der Waals surface area (Å²) in [7, 11) is 0. The first-order chi connectivity index (χ1) is 18.7. The fourth-order valence-electron chi connectivity index (χ4n) is 4.74. The molecule has 0 amide bonds. The zero-order valence-corrected chi connectivity index (χ0v) is 19.4. The third-order valence-corrected chi connectivity index (χ3v) is 6.49. The van der Waals surface area contributed by atoms with E-state index in [1.807, 2.05) is 0 Å². The van der Waals surface area contributed by atoms with Gasteiger partial charge >= 0.3 is 12.4 Å². The zero-order chi connectivity index (χ0) is 29.3. The van der Waals surface area contributed by atoms with Crippen molar-refractivity contribution in [3.05, 3.63) is 103 Å². The monoisotopic (exact) mass is 556 g/mol. The number of fused-ring (bicyclic) bond motifs is 2. The minimum Gasteiger partial charge on any atom is -0.289 e. The van der Waals surface area contributed by atoms with Crippen molar-refractivity contribution < 1.29 is 35.1 Å². The molecule has 0 aliphatic heterocycles. The molecular formula is C28H8F8N2O2. The molecule has 12 heteroatoms. The van der Waals surface area contributed by atoms with E-state index in [4.69, 9.17) is 0 Å². The summed E-state index contributed by atoms with van der Waals surface area (Å²) in [5.41, 5.74) is -7.21. The number of hydrogen-bond donors (Lipinski definition) is 0. The third-order valence-electron chi connectivity index (χ3n) is 6.49. The fraction of sp³-hybridized carbons (Fsp3) is 0.0714. The SMILES string of the molecule is N#Cc1c(-c2ccc(C(F)(F)F)c(F)c2)c(=O)c2cc3c(=O)c(-c4ccc(C(F)(F)F)c(F)c4)c(C#N)c3cc12. The van der Waals surface area contributed by atoms with Gasteiger partial charge in [0.05, 0.1) is 22.3 Å². The molecule has 0 saturated carbocycles. The van der Waals surface area contributed by atoms with Crippen molar-refractivity contribution in [1.82, 2.24) is 0 Å². The van der Waals surface area contributed by atoms with Crippen LogP contribution in [0.5, 0.6) is 0 Å². The molecule has 0 aromatic heterocycles. The van der Waals surface area contributed by atoms with Gasteiger partial charge in [0, 0.05) is 32.7 Å². The number of rotatable bonds is 2. The maximum Gasteiger partial charge on any atom is 0.419 e. The van der Waals surface area contributed by atoms with Gasteiger partial charge in [-0.15, -0.1) is 0 Å². The van der Waals surface area contributed by atoms with Gasteiger partial charge in [-0.2, -0.15) is 36.9 Å². The van der Waals surface area contributed by atoms with E-state index in [2.05, 4.69) is 0 Å². The van der Waals surface area contributed by atoms with E-state index in [1.54, 1.807) is 12.1 Å². The van der Waals surface area contributed by atoms with Gasteiger partial charge in [0.25, 0.3) is 0 Å². The van der Waals surface area contributed by atoms with E-state index in [1.165, 1.54) is 0 Å². The molecule has 5 aromatic rings. The second-order valence-electron chi connectivity index (χ2n) is 8.71. The lowest BCUT2D eigenvalue weighted by Crippen LogP contribution is -2.09. The molecule has 0 spiro atoms. The number of hydrogen-bond acceptors (Lipinski definition) is 4. The van der Waals surface area contributed by atoms with E-state index >= 15 is 0 Å². The van der Waals surface area contributed by atoms with Crippen molar-refractivity contribution in [2.24, 2.45) is 0 Å². The maximum atomic E-state index is 14.2. The molecule has 0 unspecified atom stereocenters. The summed E-state index contributed by atoms with van der Waals surface area (Å²) in [5.74, 6) is -3.36. The quantitative estimate of drug-likeness (QED) is 0.220. The zero-order valence-electron chi connectivity index (χ0n) is 19.4. The van der Waals surface area contributed by atoms with Gasteiger partial charge in [-0.3, -0.25) is 9.59 Å². The topological polar surface area (TPSA) is 81.7 Å². The van der Waals surface area contributed by atoms with E-state index in [9.17, 15) is 55.2 Å². The first kappa shape index (κ1) is 26.5. The Labute approximate surface area is 217 Å². The van der Waals surface area contributed by atoms with E-state index in [0.717, 1.165) is 24.3 Å². The van der Waals surface area contributed by atoms with Crippen LogP contribution in [0.4, 0.5) is 35.1 Å². The van der Waals surface area contributed by atoms with Crippen LogP contribution in [0.25, 0.3) is 43.8 Å². The predicted molar refractivity (Wildman–Crippen MR) is 127 cm³/mol. The summed E-state index contributed by atoms with van der Waals surface area (Å²) < 4.78 is 106. The first-order valence-corrected chi connectivity index (χ1v) is 11.0. The predicted octanol–water partition coefficient (Wildman–Crippen LogP) is 6.98. The van der Waals surface area contributed by atoms with E-state index in [-0.39, 0.29) is 43.8 Å². The Morgan fingerprint density at radius 2 is 0.900 bits per heavy atom. The molecule has 0 fully saturated rings. The number of benzene rings is 3. The second kappa shape index (κ2) is 8.71. The summed E-state index contributed by atoms with van der Waals surface area (Å²) in [6, 6.07) is 9.03. The van der Waals surface area contributed by atoms with Crippen molar-refractivity contribution in [1.29, 1.82) is 10.5 Å². The molecule has 5 aromatic carbocycles. The Morgan fingerprint density at radius 3 is 1.20 bits per heavy atom. The Bertz CT molecular complexity index is 1920. The summed E-state index contributed by atoms with van der Waals surface area (Å²) in [4.78, 5) is 26.5. The van der Waals surface area contributed by atoms with Gasteiger partial charge in [0.1, 0.15) is 23.8 Å². The van der Waals surface area contributed by atoms with Gasteiger partial charge < -0.3 is 0 Å². The molecule has 0 radical (unpaired) electrons. The van der Waals surface area contributed by atoms with E-state index in [0.29, 0.717) is 24.3 Å². The molecule has 0 aliphatic rings. The minimum absolute atomic E-state index is 0.0954. The van der Waals surface area contributed by atoms with Crippen LogP contribution in [-0.2, 0) is 12.4 Å². The highest BCUT2D eigenvalue weighted by Crippen LogP contribution is 2.38. The largest absolute Gasteiger partial charge is 0.419 e. The van der Waals surface area contributed by atoms with Crippen LogP contribution >= 0.6 is 0 Å². The minimum atomic E-state index is -5.01. The Balaban J connectivity index is 1.78. The molecule has 4 nitrogen and oxygen atoms in total. The molecule has 198 valence electrons. The molecule has 0 aliphatic carbocycles. The number of nitriles is 2. The highest BCUT2D eigenvalue weighted by atomic mass is 19.4. The summed E-state index contributed by atoms with van der Waals surface area (Å²) >= 11 is 0. The highest BCUT2D eigenvalue weighted by Gasteiger charge is 2.35. The second-order valence-corrected chi connectivity index (χ2v) is 8.71.